The van der Waals surface area contributed by atoms with Crippen molar-refractivity contribution in [3.63, 3.8) is 0 Å². The molecular formula is C44H26BrN. The lowest BCUT2D eigenvalue weighted by Gasteiger charge is -2.30. The van der Waals surface area contributed by atoms with Gasteiger partial charge in [0.05, 0.1) is 5.41 Å². The summed E-state index contributed by atoms with van der Waals surface area (Å²) in [6, 6.07) is 56.2. The van der Waals surface area contributed by atoms with Gasteiger partial charge in [0.15, 0.2) is 0 Å². The van der Waals surface area contributed by atoms with E-state index >= 15 is 0 Å². The molecule has 2 aliphatic carbocycles. The van der Waals surface area contributed by atoms with E-state index < -0.39 is 0 Å². The summed E-state index contributed by atoms with van der Waals surface area (Å²) in [5.41, 5.74) is 15.2. The number of benzene rings is 7. The van der Waals surface area contributed by atoms with Gasteiger partial charge in [-0.15, -0.1) is 0 Å². The average molecular weight is 649 g/mol. The van der Waals surface area contributed by atoms with Gasteiger partial charge >= 0.3 is 0 Å². The van der Waals surface area contributed by atoms with E-state index in [4.69, 9.17) is 0 Å². The van der Waals surface area contributed by atoms with Crippen LogP contribution in [0.15, 0.2) is 162 Å². The van der Waals surface area contributed by atoms with Gasteiger partial charge in [-0.2, -0.15) is 0 Å². The zero-order valence-electron chi connectivity index (χ0n) is 24.8. The highest BCUT2D eigenvalue weighted by Gasteiger charge is 2.51. The Morgan fingerprint density at radius 3 is 1.28 bits per heavy atom. The molecule has 1 nitrogen and oxygen atoms in total. The topological polar surface area (TPSA) is 12.9 Å². The molecule has 0 radical (unpaired) electrons. The van der Waals surface area contributed by atoms with Gasteiger partial charge in [-0.3, -0.25) is 0 Å². The van der Waals surface area contributed by atoms with Gasteiger partial charge in [-0.1, -0.05) is 140 Å². The van der Waals surface area contributed by atoms with Crippen LogP contribution in [0.4, 0.5) is 0 Å². The SMILES string of the molecule is Brc1ccc(-c2c3ccccc3c(-c3ccc4c(c3)C3(c5ccccc5-c5ccccc53)c3ccccc3-4)c3ccccc23)cn1. The van der Waals surface area contributed by atoms with Crippen LogP contribution >= 0.6 is 15.9 Å². The highest BCUT2D eigenvalue weighted by Crippen LogP contribution is 2.63. The van der Waals surface area contributed by atoms with Crippen LogP contribution in [0.25, 0.3) is 66.1 Å². The van der Waals surface area contributed by atoms with E-state index in [0.717, 1.165) is 10.2 Å². The maximum Gasteiger partial charge on any atom is 0.106 e. The summed E-state index contributed by atoms with van der Waals surface area (Å²) in [5, 5.41) is 4.96. The molecule has 0 aliphatic heterocycles. The number of halogens is 1. The van der Waals surface area contributed by atoms with Crippen LogP contribution in [0.3, 0.4) is 0 Å². The van der Waals surface area contributed by atoms with E-state index in [0.29, 0.717) is 0 Å². The standard InChI is InChI=1S/C44H26BrN/c45-41-24-22-28(26-46-41)43-35-16-3-1-14-33(35)42(34-15-2-4-17-36(34)43)27-21-23-32-31-13-7-10-20-39(31)44(40(32)25-27)37-18-8-5-11-29(37)30-12-6-9-19-38(30)44/h1-26H. The molecule has 1 heterocycles. The van der Waals surface area contributed by atoms with Gasteiger partial charge < -0.3 is 0 Å². The van der Waals surface area contributed by atoms with Gasteiger partial charge in [-0.25, -0.2) is 4.98 Å². The van der Waals surface area contributed by atoms with Crippen LogP contribution in [0.2, 0.25) is 0 Å². The van der Waals surface area contributed by atoms with Crippen LogP contribution in [0, 0.1) is 0 Å². The van der Waals surface area contributed by atoms with E-state index in [2.05, 4.69) is 167 Å². The summed E-state index contributed by atoms with van der Waals surface area (Å²) in [7, 11) is 0. The summed E-state index contributed by atoms with van der Waals surface area (Å²) in [6.45, 7) is 0. The van der Waals surface area contributed by atoms with Crippen LogP contribution in [0.5, 0.6) is 0 Å². The molecule has 0 fully saturated rings. The number of aromatic nitrogens is 1. The molecular weight excluding hydrogens is 622 g/mol. The van der Waals surface area contributed by atoms with Crippen molar-refractivity contribution in [2.75, 3.05) is 0 Å². The maximum absolute atomic E-state index is 4.60. The molecule has 1 spiro atoms. The molecule has 7 aromatic carbocycles. The monoisotopic (exact) mass is 647 g/mol. The summed E-state index contributed by atoms with van der Waals surface area (Å²) in [4.78, 5) is 4.60. The molecule has 0 saturated carbocycles. The van der Waals surface area contributed by atoms with E-state index in [1.807, 2.05) is 12.3 Å². The smallest absolute Gasteiger partial charge is 0.106 e. The molecule has 0 saturated heterocycles. The summed E-state index contributed by atoms with van der Waals surface area (Å²) < 4.78 is 0.838. The third-order valence-corrected chi connectivity index (χ3v) is 10.7. The Balaban J connectivity index is 1.32. The van der Waals surface area contributed by atoms with Gasteiger partial charge in [-0.05, 0) is 111 Å². The Morgan fingerprint density at radius 2 is 0.804 bits per heavy atom. The number of hydrogen-bond donors (Lipinski definition) is 0. The normalized spacial score (nSPS) is 13.5. The Labute approximate surface area is 276 Å². The molecule has 8 aromatic rings. The summed E-state index contributed by atoms with van der Waals surface area (Å²) in [6.07, 6.45) is 1.98. The molecule has 214 valence electrons. The first-order valence-corrected chi connectivity index (χ1v) is 16.5. The van der Waals surface area contributed by atoms with Crippen molar-refractivity contribution in [3.8, 4) is 44.5 Å². The first kappa shape index (κ1) is 26.0. The Kier molecular flexibility index (Phi) is 5.41. The molecule has 2 heteroatoms. The molecule has 1 aromatic heterocycles. The summed E-state index contributed by atoms with van der Waals surface area (Å²) >= 11 is 3.53. The second-order valence-electron chi connectivity index (χ2n) is 12.4. The number of nitrogens with zero attached hydrogens (tertiary/aromatic N) is 1. The average Bonchev–Trinajstić information content (AvgIpc) is 3.58. The van der Waals surface area contributed by atoms with Gasteiger partial charge in [0.25, 0.3) is 0 Å². The number of fused-ring (bicyclic) bond motifs is 12. The Morgan fingerprint density at radius 1 is 0.391 bits per heavy atom. The molecule has 0 bridgehead atoms. The fourth-order valence-electron chi connectivity index (χ4n) is 8.52. The molecule has 10 rings (SSSR count). The highest BCUT2D eigenvalue weighted by molar-refractivity contribution is 9.10. The Hall–Kier alpha value is -5.31. The minimum Gasteiger partial charge on any atom is -0.249 e. The number of rotatable bonds is 2. The largest absolute Gasteiger partial charge is 0.249 e. The first-order valence-electron chi connectivity index (χ1n) is 15.7. The first-order chi connectivity index (χ1) is 22.7. The van der Waals surface area contributed by atoms with Crippen molar-refractivity contribution >= 4 is 37.5 Å². The molecule has 0 unspecified atom stereocenters. The van der Waals surface area contributed by atoms with E-state index in [9.17, 15) is 0 Å². The zero-order chi connectivity index (χ0) is 30.4. The van der Waals surface area contributed by atoms with Crippen LogP contribution in [-0.2, 0) is 5.41 Å². The van der Waals surface area contributed by atoms with Crippen molar-refractivity contribution in [2.45, 2.75) is 5.41 Å². The quantitative estimate of drug-likeness (QED) is 0.134. The van der Waals surface area contributed by atoms with Crippen molar-refractivity contribution in [1.29, 1.82) is 0 Å². The van der Waals surface area contributed by atoms with Crippen LogP contribution < -0.4 is 0 Å². The van der Waals surface area contributed by atoms with Crippen molar-refractivity contribution < 1.29 is 0 Å². The summed E-state index contributed by atoms with van der Waals surface area (Å²) in [5.74, 6) is 0. The zero-order valence-corrected chi connectivity index (χ0v) is 26.4. The van der Waals surface area contributed by atoms with Gasteiger partial charge in [0.1, 0.15) is 4.60 Å². The lowest BCUT2D eigenvalue weighted by molar-refractivity contribution is 0.794. The lowest BCUT2D eigenvalue weighted by Crippen LogP contribution is -2.25. The van der Waals surface area contributed by atoms with E-state index in [1.54, 1.807) is 0 Å². The third-order valence-electron chi connectivity index (χ3n) is 10.2. The molecule has 46 heavy (non-hydrogen) atoms. The second-order valence-corrected chi connectivity index (χ2v) is 13.2. The predicted octanol–water partition coefficient (Wildman–Crippen LogP) is 11.8. The minimum atomic E-state index is -0.371. The number of hydrogen-bond acceptors (Lipinski definition) is 1. The minimum absolute atomic E-state index is 0.371. The highest BCUT2D eigenvalue weighted by atomic mass is 79.9. The fourth-order valence-corrected chi connectivity index (χ4v) is 8.76. The molecule has 0 amide bonds. The predicted molar refractivity (Wildman–Crippen MR) is 194 cm³/mol. The van der Waals surface area contributed by atoms with Gasteiger partial charge in [0, 0.05) is 11.8 Å². The number of pyridine rings is 1. The van der Waals surface area contributed by atoms with Crippen molar-refractivity contribution in [2.24, 2.45) is 0 Å². The fraction of sp³-hybridized carbons (Fsp3) is 0.0227. The Bertz CT molecular complexity index is 2420. The molecule has 2 aliphatic rings. The molecule has 0 atom stereocenters. The van der Waals surface area contributed by atoms with Crippen molar-refractivity contribution in [1.82, 2.24) is 4.98 Å². The van der Waals surface area contributed by atoms with Gasteiger partial charge in [0.2, 0.25) is 0 Å². The van der Waals surface area contributed by atoms with E-state index in [-0.39, 0.29) is 5.41 Å². The van der Waals surface area contributed by atoms with Crippen molar-refractivity contribution in [3.05, 3.63) is 185 Å². The molecule has 0 N–H and O–H groups in total. The second kappa shape index (κ2) is 9.59. The maximum atomic E-state index is 4.60. The third kappa shape index (κ3) is 3.32. The lowest BCUT2D eigenvalue weighted by atomic mass is 9.70. The van der Waals surface area contributed by atoms with Crippen LogP contribution in [-0.4, -0.2) is 4.98 Å². The van der Waals surface area contributed by atoms with Crippen LogP contribution in [0.1, 0.15) is 22.3 Å². The van der Waals surface area contributed by atoms with E-state index in [1.165, 1.54) is 82.7 Å².